The number of carbonyl (C=O) groups excluding carboxylic acids is 1. The fourth-order valence-corrected chi connectivity index (χ4v) is 3.72. The van der Waals surface area contributed by atoms with E-state index in [1.807, 2.05) is 24.3 Å². The van der Waals surface area contributed by atoms with Crippen LogP contribution in [0.4, 0.5) is 4.79 Å². The number of benzene rings is 2. The van der Waals surface area contributed by atoms with Gasteiger partial charge in [-0.1, -0.05) is 38.1 Å². The molecule has 0 saturated carbocycles. The van der Waals surface area contributed by atoms with E-state index in [1.165, 1.54) is 11.1 Å². The van der Waals surface area contributed by atoms with Crippen LogP contribution in [0.2, 0.25) is 0 Å². The number of fused-ring (bicyclic) bond motifs is 1. The Morgan fingerprint density at radius 1 is 1.11 bits per heavy atom. The van der Waals surface area contributed by atoms with Crippen molar-refractivity contribution in [1.29, 1.82) is 0 Å². The van der Waals surface area contributed by atoms with Gasteiger partial charge < -0.3 is 20.1 Å². The molecule has 2 N–H and O–H groups in total. The number of rotatable bonds is 5. The summed E-state index contributed by atoms with van der Waals surface area (Å²) in [5, 5.41) is 6.07. The average Bonchev–Trinajstić information content (AvgIpc) is 2.68. The quantitative estimate of drug-likeness (QED) is 0.826. The smallest absolute Gasteiger partial charge is 0.315 e. The first-order valence-corrected chi connectivity index (χ1v) is 9.28. The Hall–Kier alpha value is -2.69. The summed E-state index contributed by atoms with van der Waals surface area (Å²) in [5.41, 5.74) is 3.60. The SMILES string of the molecule is COc1cc(CNC(=O)NC2CCC(C)(C)c3ccccc32)cc(OC)c1. The standard InChI is InChI=1S/C22H28N2O3/c1-22(2)10-9-20(18-7-5-6-8-19(18)22)24-21(25)23-14-15-11-16(26-3)13-17(12-15)27-4/h5-8,11-13,20H,9-10,14H2,1-4H3,(H2,23,24,25). The number of amides is 2. The maximum Gasteiger partial charge on any atom is 0.315 e. The summed E-state index contributed by atoms with van der Waals surface area (Å²) in [4.78, 5) is 12.5. The van der Waals surface area contributed by atoms with Crippen LogP contribution in [0.25, 0.3) is 0 Å². The Morgan fingerprint density at radius 3 is 2.44 bits per heavy atom. The zero-order valence-corrected chi connectivity index (χ0v) is 16.5. The van der Waals surface area contributed by atoms with Crippen molar-refractivity contribution in [3.05, 3.63) is 59.2 Å². The summed E-state index contributed by atoms with van der Waals surface area (Å²) < 4.78 is 10.6. The highest BCUT2D eigenvalue weighted by Gasteiger charge is 2.32. The molecular weight excluding hydrogens is 340 g/mol. The molecule has 0 spiro atoms. The monoisotopic (exact) mass is 368 g/mol. The number of methoxy groups -OCH3 is 2. The van der Waals surface area contributed by atoms with Crippen LogP contribution >= 0.6 is 0 Å². The van der Waals surface area contributed by atoms with Crippen LogP contribution in [0.1, 0.15) is 49.4 Å². The number of nitrogens with one attached hydrogen (secondary N) is 2. The fourth-order valence-electron chi connectivity index (χ4n) is 3.72. The highest BCUT2D eigenvalue weighted by molar-refractivity contribution is 5.74. The van der Waals surface area contributed by atoms with Crippen molar-refractivity contribution in [2.45, 2.75) is 44.7 Å². The predicted octanol–water partition coefficient (Wildman–Crippen LogP) is 4.32. The maximum atomic E-state index is 12.5. The van der Waals surface area contributed by atoms with Gasteiger partial charge in [0.1, 0.15) is 11.5 Å². The lowest BCUT2D eigenvalue weighted by molar-refractivity contribution is 0.233. The third kappa shape index (κ3) is 4.35. The lowest BCUT2D eigenvalue weighted by Gasteiger charge is -2.37. The molecule has 0 aliphatic heterocycles. The van der Waals surface area contributed by atoms with Gasteiger partial charge in [-0.25, -0.2) is 4.79 Å². The molecule has 0 aromatic heterocycles. The third-order valence-electron chi connectivity index (χ3n) is 5.29. The molecule has 27 heavy (non-hydrogen) atoms. The second-order valence-corrected chi connectivity index (χ2v) is 7.61. The van der Waals surface area contributed by atoms with Crippen molar-refractivity contribution in [1.82, 2.24) is 10.6 Å². The van der Waals surface area contributed by atoms with Gasteiger partial charge in [-0.3, -0.25) is 0 Å². The Kier molecular flexibility index (Phi) is 5.59. The molecular formula is C22H28N2O3. The molecule has 0 fully saturated rings. The highest BCUT2D eigenvalue weighted by atomic mass is 16.5. The molecule has 1 aliphatic rings. The topological polar surface area (TPSA) is 59.6 Å². The lowest BCUT2D eigenvalue weighted by Crippen LogP contribution is -2.40. The fraction of sp³-hybridized carbons (Fsp3) is 0.409. The van der Waals surface area contributed by atoms with E-state index in [-0.39, 0.29) is 17.5 Å². The summed E-state index contributed by atoms with van der Waals surface area (Å²) in [6, 6.07) is 13.9. The minimum Gasteiger partial charge on any atom is -0.497 e. The molecule has 5 heteroatoms. The van der Waals surface area contributed by atoms with Gasteiger partial charge in [-0.2, -0.15) is 0 Å². The highest BCUT2D eigenvalue weighted by Crippen LogP contribution is 2.41. The van der Waals surface area contributed by atoms with Gasteiger partial charge in [0.15, 0.2) is 0 Å². The van der Waals surface area contributed by atoms with E-state index in [0.717, 1.165) is 18.4 Å². The number of carbonyl (C=O) groups is 1. The van der Waals surface area contributed by atoms with E-state index in [2.05, 4.69) is 42.7 Å². The van der Waals surface area contributed by atoms with Crippen molar-refractivity contribution in [3.63, 3.8) is 0 Å². The first kappa shape index (κ1) is 19.1. The zero-order chi connectivity index (χ0) is 19.4. The number of urea groups is 1. The Bertz CT molecular complexity index is 795. The number of hydrogen-bond donors (Lipinski definition) is 2. The van der Waals surface area contributed by atoms with Crippen molar-refractivity contribution in [3.8, 4) is 11.5 Å². The van der Waals surface area contributed by atoms with Gasteiger partial charge in [0, 0.05) is 12.6 Å². The Balaban J connectivity index is 1.65. The van der Waals surface area contributed by atoms with Crippen LogP contribution in [0, 0.1) is 0 Å². The van der Waals surface area contributed by atoms with E-state index >= 15 is 0 Å². The molecule has 0 bridgehead atoms. The van der Waals surface area contributed by atoms with Crippen molar-refractivity contribution >= 4 is 6.03 Å². The number of ether oxygens (including phenoxy) is 2. The first-order valence-electron chi connectivity index (χ1n) is 9.28. The van der Waals surface area contributed by atoms with E-state index in [0.29, 0.717) is 18.0 Å². The van der Waals surface area contributed by atoms with Gasteiger partial charge >= 0.3 is 6.03 Å². The van der Waals surface area contributed by atoms with Gasteiger partial charge in [0.25, 0.3) is 0 Å². The number of hydrogen-bond acceptors (Lipinski definition) is 3. The zero-order valence-electron chi connectivity index (χ0n) is 16.5. The Labute approximate surface area is 161 Å². The van der Waals surface area contributed by atoms with E-state index in [1.54, 1.807) is 14.2 Å². The Morgan fingerprint density at radius 2 is 1.78 bits per heavy atom. The van der Waals surface area contributed by atoms with Crippen molar-refractivity contribution in [2.24, 2.45) is 0 Å². The summed E-state index contributed by atoms with van der Waals surface area (Å²) in [6.45, 7) is 4.93. The summed E-state index contributed by atoms with van der Waals surface area (Å²) in [7, 11) is 3.22. The molecule has 1 unspecified atom stereocenters. The van der Waals surface area contributed by atoms with Crippen molar-refractivity contribution in [2.75, 3.05) is 14.2 Å². The van der Waals surface area contributed by atoms with Gasteiger partial charge in [0.2, 0.25) is 0 Å². The molecule has 2 aromatic carbocycles. The minimum atomic E-state index is -0.170. The third-order valence-corrected chi connectivity index (χ3v) is 5.29. The van der Waals surface area contributed by atoms with Gasteiger partial charge in [-0.05, 0) is 47.1 Å². The maximum absolute atomic E-state index is 12.5. The molecule has 2 amide bonds. The normalized spacial score (nSPS) is 17.6. The molecule has 3 rings (SSSR count). The summed E-state index contributed by atoms with van der Waals surface area (Å²) in [6.07, 6.45) is 1.98. The van der Waals surface area contributed by atoms with E-state index in [9.17, 15) is 4.79 Å². The second kappa shape index (κ2) is 7.91. The van der Waals surface area contributed by atoms with Crippen LogP contribution in [0.3, 0.4) is 0 Å². The van der Waals surface area contributed by atoms with Gasteiger partial charge in [0.05, 0.1) is 20.3 Å². The van der Waals surface area contributed by atoms with Crippen LogP contribution in [-0.4, -0.2) is 20.3 Å². The van der Waals surface area contributed by atoms with Crippen LogP contribution < -0.4 is 20.1 Å². The largest absolute Gasteiger partial charge is 0.497 e. The molecule has 0 saturated heterocycles. The molecule has 1 aliphatic carbocycles. The first-order chi connectivity index (χ1) is 12.9. The minimum absolute atomic E-state index is 0.0362. The average molecular weight is 368 g/mol. The van der Waals surface area contributed by atoms with Crippen LogP contribution in [0.5, 0.6) is 11.5 Å². The van der Waals surface area contributed by atoms with Gasteiger partial charge in [-0.15, -0.1) is 0 Å². The second-order valence-electron chi connectivity index (χ2n) is 7.61. The van der Waals surface area contributed by atoms with E-state index in [4.69, 9.17) is 9.47 Å². The molecule has 1 atom stereocenters. The lowest BCUT2D eigenvalue weighted by atomic mass is 9.71. The predicted molar refractivity (Wildman–Crippen MR) is 106 cm³/mol. The molecule has 5 nitrogen and oxygen atoms in total. The summed E-state index contributed by atoms with van der Waals surface area (Å²) >= 11 is 0. The molecule has 144 valence electrons. The molecule has 2 aromatic rings. The molecule has 0 radical (unpaired) electrons. The van der Waals surface area contributed by atoms with E-state index < -0.39 is 0 Å². The van der Waals surface area contributed by atoms with Crippen molar-refractivity contribution < 1.29 is 14.3 Å². The van der Waals surface area contributed by atoms with Crippen LogP contribution in [0.15, 0.2) is 42.5 Å². The molecule has 0 heterocycles. The summed E-state index contributed by atoms with van der Waals surface area (Å²) in [5.74, 6) is 1.41. The van der Waals surface area contributed by atoms with Crippen LogP contribution in [-0.2, 0) is 12.0 Å².